The lowest BCUT2D eigenvalue weighted by Gasteiger charge is -2.42. The number of β-amino-alcohol motifs (C(OH)–C–C–N with tert-alkyl or cyclic N) is 1. The van der Waals surface area contributed by atoms with E-state index in [1.807, 2.05) is 6.92 Å². The zero-order valence-electron chi connectivity index (χ0n) is 20.4. The third kappa shape index (κ3) is 6.27. The number of hydrogen-bond donors (Lipinski definition) is 2. The van der Waals surface area contributed by atoms with E-state index in [-0.39, 0.29) is 31.9 Å². The fourth-order valence-electron chi connectivity index (χ4n) is 4.15. The van der Waals surface area contributed by atoms with E-state index in [0.29, 0.717) is 21.9 Å². The number of aromatic nitrogens is 1. The Labute approximate surface area is 222 Å². The van der Waals surface area contributed by atoms with E-state index in [1.165, 1.54) is 6.07 Å². The summed E-state index contributed by atoms with van der Waals surface area (Å²) in [6, 6.07) is 13.6. The molecule has 2 aromatic carbocycles. The topological polar surface area (TPSA) is 65.8 Å². The van der Waals surface area contributed by atoms with Gasteiger partial charge < -0.3 is 14.9 Å². The molecular weight excluding hydrogens is 524 g/mol. The Kier molecular flexibility index (Phi) is 8.28. The average Bonchev–Trinajstić information content (AvgIpc) is 2.86. The molecule has 5 nitrogen and oxygen atoms in total. The molecule has 200 valence electrons. The van der Waals surface area contributed by atoms with Gasteiger partial charge in [-0.05, 0) is 60.4 Å². The van der Waals surface area contributed by atoms with Crippen molar-refractivity contribution >= 4 is 11.6 Å². The van der Waals surface area contributed by atoms with E-state index in [0.717, 1.165) is 11.1 Å². The van der Waals surface area contributed by atoms with Crippen molar-refractivity contribution < 1.29 is 32.5 Å². The van der Waals surface area contributed by atoms with E-state index in [4.69, 9.17) is 16.3 Å². The highest BCUT2D eigenvalue weighted by Gasteiger charge is 2.59. The monoisotopic (exact) mass is 548 g/mol. The molecule has 2 atom stereocenters. The van der Waals surface area contributed by atoms with Gasteiger partial charge in [-0.2, -0.15) is 13.2 Å². The molecule has 0 radical (unpaired) electrons. The predicted octanol–water partition coefficient (Wildman–Crippen LogP) is 4.99. The van der Waals surface area contributed by atoms with E-state index in [1.54, 1.807) is 53.6 Å². The number of benzene rings is 2. The van der Waals surface area contributed by atoms with Crippen molar-refractivity contribution in [3.63, 3.8) is 0 Å². The maximum atomic E-state index is 14.6. The van der Waals surface area contributed by atoms with Crippen LogP contribution in [0, 0.1) is 24.6 Å². The van der Waals surface area contributed by atoms with Gasteiger partial charge in [-0.25, -0.2) is 9.37 Å². The second-order valence-corrected chi connectivity index (χ2v) is 9.56. The number of hydrogen-bond acceptors (Lipinski definition) is 5. The van der Waals surface area contributed by atoms with Crippen LogP contribution in [0.4, 0.5) is 17.6 Å². The lowest BCUT2D eigenvalue weighted by molar-refractivity contribution is -0.302. The molecule has 1 aromatic heterocycles. The number of likely N-dealkylation sites (tertiary alicyclic amines) is 1. The highest BCUT2D eigenvalue weighted by molar-refractivity contribution is 6.30. The number of ether oxygens (including phenoxy) is 1. The zero-order valence-corrected chi connectivity index (χ0v) is 21.2. The summed E-state index contributed by atoms with van der Waals surface area (Å²) in [5, 5.41) is 20.2. The van der Waals surface area contributed by atoms with Gasteiger partial charge in [0, 0.05) is 48.4 Å². The Morgan fingerprint density at radius 2 is 1.87 bits per heavy atom. The maximum Gasteiger partial charge on any atom is 0.419 e. The third-order valence-corrected chi connectivity index (χ3v) is 6.72. The number of aryl methyl sites for hydroxylation is 1. The minimum atomic E-state index is -4.89. The molecule has 1 unspecified atom stereocenters. The van der Waals surface area contributed by atoms with Gasteiger partial charge in [0.2, 0.25) is 0 Å². The Morgan fingerprint density at radius 3 is 2.50 bits per heavy atom. The molecular formula is C28H25ClF4N2O3. The summed E-state index contributed by atoms with van der Waals surface area (Å²) in [6.07, 6.45) is -5.88. The quantitative estimate of drug-likeness (QED) is 0.347. The second kappa shape index (κ2) is 11.3. The number of alkyl halides is 3. The van der Waals surface area contributed by atoms with Crippen molar-refractivity contribution in [1.29, 1.82) is 0 Å². The molecule has 38 heavy (non-hydrogen) atoms. The first kappa shape index (κ1) is 27.9. The van der Waals surface area contributed by atoms with Crippen LogP contribution in [-0.4, -0.2) is 64.2 Å². The van der Waals surface area contributed by atoms with Crippen molar-refractivity contribution in [2.75, 3.05) is 26.2 Å². The molecule has 10 heteroatoms. The number of aliphatic hydroxyl groups is 2. The third-order valence-electron chi connectivity index (χ3n) is 6.47. The fourth-order valence-corrected chi connectivity index (χ4v) is 4.28. The van der Waals surface area contributed by atoms with Gasteiger partial charge in [-0.3, -0.25) is 4.90 Å². The SMILES string of the molecule is Cc1cc(C#Cc2ncc(-c3ccc(Cl)cc3)cc2F)ccc1OCCN1CC[C@](O)(C(F)(F)F)C(O)C1. The number of halogens is 5. The number of nitrogens with zero attached hydrogens (tertiary/aromatic N) is 2. The smallest absolute Gasteiger partial charge is 0.419 e. The Balaban J connectivity index is 1.33. The minimum Gasteiger partial charge on any atom is -0.492 e. The largest absolute Gasteiger partial charge is 0.492 e. The van der Waals surface area contributed by atoms with Gasteiger partial charge in [0.1, 0.15) is 24.2 Å². The van der Waals surface area contributed by atoms with Crippen LogP contribution in [-0.2, 0) is 0 Å². The van der Waals surface area contributed by atoms with Crippen LogP contribution in [0.15, 0.2) is 54.7 Å². The molecule has 1 aliphatic rings. The van der Waals surface area contributed by atoms with E-state index in [2.05, 4.69) is 16.8 Å². The lowest BCUT2D eigenvalue weighted by atomic mass is 9.88. The van der Waals surface area contributed by atoms with Crippen LogP contribution in [0.1, 0.15) is 23.2 Å². The van der Waals surface area contributed by atoms with Crippen molar-refractivity contribution in [1.82, 2.24) is 9.88 Å². The summed E-state index contributed by atoms with van der Waals surface area (Å²) in [7, 11) is 0. The van der Waals surface area contributed by atoms with Crippen LogP contribution < -0.4 is 4.74 Å². The molecule has 4 rings (SSSR count). The summed E-state index contributed by atoms with van der Waals surface area (Å²) in [5.41, 5.74) is -0.281. The minimum absolute atomic E-state index is 0.0156. The summed E-state index contributed by atoms with van der Waals surface area (Å²) >= 11 is 5.89. The molecule has 0 bridgehead atoms. The highest BCUT2D eigenvalue weighted by Crippen LogP contribution is 2.38. The van der Waals surface area contributed by atoms with Crippen molar-refractivity contribution in [2.24, 2.45) is 0 Å². The van der Waals surface area contributed by atoms with Gasteiger partial charge in [0.05, 0.1) is 0 Å². The first-order chi connectivity index (χ1) is 18.0. The summed E-state index contributed by atoms with van der Waals surface area (Å²) in [6.45, 7) is 1.95. The van der Waals surface area contributed by atoms with Crippen LogP contribution in [0.2, 0.25) is 5.02 Å². The number of piperidine rings is 1. The fraction of sp³-hybridized carbons (Fsp3) is 0.321. The van der Waals surface area contributed by atoms with E-state index in [9.17, 15) is 27.8 Å². The van der Waals surface area contributed by atoms with Gasteiger partial charge in [0.15, 0.2) is 11.4 Å². The molecule has 0 aliphatic carbocycles. The average molecular weight is 549 g/mol. The van der Waals surface area contributed by atoms with Gasteiger partial charge in [-0.15, -0.1) is 0 Å². The van der Waals surface area contributed by atoms with Crippen molar-refractivity contribution in [3.05, 3.63) is 82.4 Å². The first-order valence-electron chi connectivity index (χ1n) is 11.8. The van der Waals surface area contributed by atoms with Gasteiger partial charge in [0.25, 0.3) is 0 Å². The number of pyridine rings is 1. The Bertz CT molecular complexity index is 1350. The predicted molar refractivity (Wildman–Crippen MR) is 135 cm³/mol. The summed E-state index contributed by atoms with van der Waals surface area (Å²) < 4.78 is 59.4. The Morgan fingerprint density at radius 1 is 1.13 bits per heavy atom. The standard InChI is InChI=1S/C28H25ClF4N2O3/c1-18-14-19(2-8-24-23(30)15-21(16-34-24)20-4-6-22(29)7-5-20)3-9-25(18)38-13-12-35-11-10-27(37,26(36)17-35)28(31,32)33/h3-7,9,14-16,26,36-37H,10-13,17H2,1H3/t26?,27-/m1/s1. The maximum absolute atomic E-state index is 14.6. The zero-order chi connectivity index (χ0) is 27.5. The van der Waals surface area contributed by atoms with E-state index >= 15 is 0 Å². The molecule has 0 spiro atoms. The van der Waals surface area contributed by atoms with Crippen molar-refractivity contribution in [2.45, 2.75) is 31.2 Å². The van der Waals surface area contributed by atoms with Gasteiger partial charge in [-0.1, -0.05) is 29.7 Å². The molecule has 1 aliphatic heterocycles. The van der Waals surface area contributed by atoms with E-state index < -0.39 is 30.1 Å². The molecule has 2 N–H and O–H groups in total. The second-order valence-electron chi connectivity index (χ2n) is 9.13. The van der Waals surface area contributed by atoms with Crippen LogP contribution in [0.3, 0.4) is 0 Å². The molecule has 1 saturated heterocycles. The molecule has 0 amide bonds. The highest BCUT2D eigenvalue weighted by atomic mass is 35.5. The Hall–Kier alpha value is -3.16. The molecule has 1 fully saturated rings. The molecule has 3 aromatic rings. The normalized spacial score (nSPS) is 20.1. The molecule has 2 heterocycles. The summed E-state index contributed by atoms with van der Waals surface area (Å²) in [5.74, 6) is 5.66. The van der Waals surface area contributed by atoms with Crippen LogP contribution >= 0.6 is 11.6 Å². The first-order valence-corrected chi connectivity index (χ1v) is 12.2. The van der Waals surface area contributed by atoms with Gasteiger partial charge >= 0.3 is 6.18 Å². The summed E-state index contributed by atoms with van der Waals surface area (Å²) in [4.78, 5) is 5.75. The lowest BCUT2D eigenvalue weighted by Crippen LogP contribution is -2.63. The van der Waals surface area contributed by atoms with Crippen molar-refractivity contribution in [3.8, 4) is 28.7 Å². The number of aliphatic hydroxyl groups excluding tert-OH is 1. The van der Waals surface area contributed by atoms with Crippen LogP contribution in [0.25, 0.3) is 11.1 Å². The number of rotatable bonds is 5. The molecule has 0 saturated carbocycles. The van der Waals surface area contributed by atoms with Crippen LogP contribution in [0.5, 0.6) is 5.75 Å².